The molecule has 104 valence electrons. The SMILES string of the molecule is NS(=O)(=O)N1CCN(C(=O)c2ccc(Br)cn2)CC1. The van der Waals surface area contributed by atoms with Gasteiger partial charge < -0.3 is 4.90 Å². The first-order valence-electron chi connectivity index (χ1n) is 5.56. The maximum Gasteiger partial charge on any atom is 0.277 e. The minimum atomic E-state index is -3.67. The summed E-state index contributed by atoms with van der Waals surface area (Å²) in [6.07, 6.45) is 1.55. The van der Waals surface area contributed by atoms with E-state index >= 15 is 0 Å². The van der Waals surface area contributed by atoms with Gasteiger partial charge in [0.25, 0.3) is 16.1 Å². The molecule has 19 heavy (non-hydrogen) atoms. The Morgan fingerprint density at radius 3 is 2.37 bits per heavy atom. The van der Waals surface area contributed by atoms with Crippen LogP contribution in [-0.2, 0) is 10.2 Å². The molecule has 0 saturated carbocycles. The molecule has 0 radical (unpaired) electrons. The quantitative estimate of drug-likeness (QED) is 0.800. The van der Waals surface area contributed by atoms with Crippen molar-refractivity contribution in [3.63, 3.8) is 0 Å². The Kier molecular flexibility index (Phi) is 4.19. The third kappa shape index (κ3) is 3.50. The average Bonchev–Trinajstić information content (AvgIpc) is 2.38. The van der Waals surface area contributed by atoms with Gasteiger partial charge in [-0.05, 0) is 28.1 Å². The van der Waals surface area contributed by atoms with Crippen LogP contribution in [0, 0.1) is 0 Å². The number of hydrogen-bond donors (Lipinski definition) is 1. The zero-order valence-corrected chi connectivity index (χ0v) is 12.4. The van der Waals surface area contributed by atoms with Crippen molar-refractivity contribution in [2.24, 2.45) is 5.14 Å². The second-order valence-corrected chi connectivity index (χ2v) is 6.56. The Hall–Kier alpha value is -1.03. The zero-order valence-electron chi connectivity index (χ0n) is 9.99. The Morgan fingerprint density at radius 2 is 1.89 bits per heavy atom. The fourth-order valence-corrected chi connectivity index (χ4v) is 2.72. The summed E-state index contributed by atoms with van der Waals surface area (Å²) in [5.41, 5.74) is 0.340. The van der Waals surface area contributed by atoms with Crippen molar-refractivity contribution in [3.8, 4) is 0 Å². The first-order chi connectivity index (χ1) is 8.88. The minimum Gasteiger partial charge on any atom is -0.335 e. The molecule has 0 atom stereocenters. The first-order valence-corrected chi connectivity index (χ1v) is 7.86. The molecular formula is C10H13BrN4O3S. The Morgan fingerprint density at radius 1 is 1.26 bits per heavy atom. The van der Waals surface area contributed by atoms with Crippen LogP contribution in [0.15, 0.2) is 22.8 Å². The second-order valence-electron chi connectivity index (χ2n) is 4.10. The summed E-state index contributed by atoms with van der Waals surface area (Å²) < 4.78 is 24.3. The summed E-state index contributed by atoms with van der Waals surface area (Å²) >= 11 is 3.25. The molecular weight excluding hydrogens is 336 g/mol. The van der Waals surface area contributed by atoms with E-state index in [0.717, 1.165) is 8.78 Å². The van der Waals surface area contributed by atoms with Gasteiger partial charge in [-0.3, -0.25) is 4.79 Å². The van der Waals surface area contributed by atoms with E-state index in [9.17, 15) is 13.2 Å². The van der Waals surface area contributed by atoms with Crippen molar-refractivity contribution in [1.82, 2.24) is 14.2 Å². The number of aromatic nitrogens is 1. The number of nitrogens with two attached hydrogens (primary N) is 1. The number of hydrogen-bond acceptors (Lipinski definition) is 4. The van der Waals surface area contributed by atoms with Crippen LogP contribution >= 0.6 is 15.9 Å². The third-order valence-corrected chi connectivity index (χ3v) is 4.39. The van der Waals surface area contributed by atoms with Crippen molar-refractivity contribution in [1.29, 1.82) is 0 Å². The maximum absolute atomic E-state index is 12.1. The molecule has 1 aromatic rings. The van der Waals surface area contributed by atoms with Crippen molar-refractivity contribution in [2.45, 2.75) is 0 Å². The summed E-state index contributed by atoms with van der Waals surface area (Å²) in [6.45, 7) is 1.04. The largest absolute Gasteiger partial charge is 0.335 e. The van der Waals surface area contributed by atoms with Crippen LogP contribution in [0.3, 0.4) is 0 Å². The van der Waals surface area contributed by atoms with Crippen LogP contribution in [0.4, 0.5) is 0 Å². The van der Waals surface area contributed by atoms with Crippen LogP contribution < -0.4 is 5.14 Å². The average molecular weight is 349 g/mol. The number of carbonyl (C=O) groups excluding carboxylic acids is 1. The van der Waals surface area contributed by atoms with Gasteiger partial charge in [-0.1, -0.05) is 0 Å². The van der Waals surface area contributed by atoms with E-state index in [-0.39, 0.29) is 19.0 Å². The van der Waals surface area contributed by atoms with Gasteiger partial charge in [-0.15, -0.1) is 0 Å². The molecule has 1 aromatic heterocycles. The molecule has 0 spiro atoms. The fourth-order valence-electron chi connectivity index (χ4n) is 1.81. The fraction of sp³-hybridized carbons (Fsp3) is 0.400. The number of piperazine rings is 1. The van der Waals surface area contributed by atoms with Gasteiger partial charge in [0.05, 0.1) is 0 Å². The van der Waals surface area contributed by atoms with Crippen LogP contribution in [0.5, 0.6) is 0 Å². The predicted molar refractivity (Wildman–Crippen MR) is 72.5 cm³/mol. The topological polar surface area (TPSA) is 96.6 Å². The third-order valence-electron chi connectivity index (χ3n) is 2.83. The molecule has 0 aliphatic carbocycles. The van der Waals surface area contributed by atoms with E-state index in [1.165, 1.54) is 0 Å². The predicted octanol–water partition coefficient (Wildman–Crippen LogP) is -0.195. The normalized spacial score (nSPS) is 17.5. The molecule has 0 bridgehead atoms. The standard InChI is InChI=1S/C10H13BrN4O3S/c11-8-1-2-9(13-7-8)10(16)14-3-5-15(6-4-14)19(12,17)18/h1-2,7H,3-6H2,(H2,12,17,18). The van der Waals surface area contributed by atoms with Crippen molar-refractivity contribution >= 4 is 32.0 Å². The van der Waals surface area contributed by atoms with Crippen LogP contribution in [0.2, 0.25) is 0 Å². The van der Waals surface area contributed by atoms with E-state index < -0.39 is 10.2 Å². The summed E-state index contributed by atoms with van der Waals surface area (Å²) in [7, 11) is -3.67. The summed E-state index contributed by atoms with van der Waals surface area (Å²) in [5.74, 6) is -0.207. The molecule has 0 unspecified atom stereocenters. The van der Waals surface area contributed by atoms with Crippen LogP contribution in [0.25, 0.3) is 0 Å². The number of halogens is 1. The van der Waals surface area contributed by atoms with Gasteiger partial charge in [0.1, 0.15) is 5.69 Å². The molecule has 7 nitrogen and oxygen atoms in total. The van der Waals surface area contributed by atoms with Gasteiger partial charge in [0.15, 0.2) is 0 Å². The molecule has 2 rings (SSSR count). The Labute approximate surface area is 119 Å². The molecule has 1 fully saturated rings. The highest BCUT2D eigenvalue weighted by Crippen LogP contribution is 2.11. The monoisotopic (exact) mass is 348 g/mol. The lowest BCUT2D eigenvalue weighted by Crippen LogP contribution is -2.52. The van der Waals surface area contributed by atoms with Gasteiger partial charge in [0, 0.05) is 36.8 Å². The van der Waals surface area contributed by atoms with Gasteiger partial charge in [-0.2, -0.15) is 12.7 Å². The highest BCUT2D eigenvalue weighted by molar-refractivity contribution is 9.10. The van der Waals surface area contributed by atoms with Crippen molar-refractivity contribution in [3.05, 3.63) is 28.5 Å². The number of amides is 1. The molecule has 2 heterocycles. The summed E-state index contributed by atoms with van der Waals surface area (Å²) in [6, 6.07) is 3.36. The molecule has 1 aliphatic rings. The Bertz CT molecular complexity index is 567. The molecule has 1 saturated heterocycles. The number of nitrogens with zero attached hydrogens (tertiary/aromatic N) is 3. The molecule has 0 aromatic carbocycles. The lowest BCUT2D eigenvalue weighted by atomic mass is 10.3. The molecule has 1 amide bonds. The zero-order chi connectivity index (χ0) is 14.0. The number of pyridine rings is 1. The van der Waals surface area contributed by atoms with Crippen molar-refractivity contribution in [2.75, 3.05) is 26.2 Å². The van der Waals surface area contributed by atoms with Gasteiger partial charge in [0.2, 0.25) is 0 Å². The smallest absolute Gasteiger partial charge is 0.277 e. The van der Waals surface area contributed by atoms with Gasteiger partial charge in [-0.25, -0.2) is 10.1 Å². The van der Waals surface area contributed by atoms with E-state index in [0.29, 0.717) is 18.8 Å². The Balaban J connectivity index is 2.02. The van der Waals surface area contributed by atoms with Crippen LogP contribution in [0.1, 0.15) is 10.5 Å². The number of carbonyl (C=O) groups is 1. The summed E-state index contributed by atoms with van der Waals surface area (Å²) in [5, 5.41) is 5.04. The van der Waals surface area contributed by atoms with E-state index in [1.807, 2.05) is 0 Å². The molecule has 9 heteroatoms. The maximum atomic E-state index is 12.1. The summed E-state index contributed by atoms with van der Waals surface area (Å²) in [4.78, 5) is 17.7. The number of rotatable bonds is 2. The first kappa shape index (κ1) is 14.4. The lowest BCUT2D eigenvalue weighted by Gasteiger charge is -2.32. The van der Waals surface area contributed by atoms with Crippen LogP contribution in [-0.4, -0.2) is 54.7 Å². The minimum absolute atomic E-state index is 0.207. The van der Waals surface area contributed by atoms with Crippen molar-refractivity contribution < 1.29 is 13.2 Å². The van der Waals surface area contributed by atoms with Gasteiger partial charge >= 0.3 is 0 Å². The lowest BCUT2D eigenvalue weighted by molar-refractivity contribution is 0.0692. The molecule has 1 aliphatic heterocycles. The van der Waals surface area contributed by atoms with E-state index in [4.69, 9.17) is 5.14 Å². The highest BCUT2D eigenvalue weighted by atomic mass is 79.9. The van der Waals surface area contributed by atoms with E-state index in [1.54, 1.807) is 23.2 Å². The second kappa shape index (κ2) is 5.53. The molecule has 2 N–H and O–H groups in total. The van der Waals surface area contributed by atoms with E-state index in [2.05, 4.69) is 20.9 Å². The highest BCUT2D eigenvalue weighted by Gasteiger charge is 2.27.